The van der Waals surface area contributed by atoms with E-state index in [0.717, 1.165) is 11.3 Å². The third-order valence-corrected chi connectivity index (χ3v) is 6.57. The van der Waals surface area contributed by atoms with Crippen LogP contribution in [0.3, 0.4) is 0 Å². The minimum atomic E-state index is -0.305. The van der Waals surface area contributed by atoms with Gasteiger partial charge in [0.25, 0.3) is 0 Å². The molecule has 0 radical (unpaired) electrons. The highest BCUT2D eigenvalue weighted by Crippen LogP contribution is 2.39. The average Bonchev–Trinajstić information content (AvgIpc) is 3.42. The van der Waals surface area contributed by atoms with Crippen molar-refractivity contribution < 1.29 is 13.6 Å². The van der Waals surface area contributed by atoms with Gasteiger partial charge in [0.2, 0.25) is 11.1 Å². The van der Waals surface area contributed by atoms with Gasteiger partial charge in [0.1, 0.15) is 22.8 Å². The smallest absolute Gasteiger partial charge is 0.234 e. The summed E-state index contributed by atoms with van der Waals surface area (Å²) >= 11 is 2.79. The molecule has 0 bridgehead atoms. The monoisotopic (exact) mass is 444 g/mol. The van der Waals surface area contributed by atoms with Crippen molar-refractivity contribution in [2.45, 2.75) is 10.5 Å². The van der Waals surface area contributed by atoms with Gasteiger partial charge < -0.3 is 4.90 Å². The summed E-state index contributed by atoms with van der Waals surface area (Å²) in [5, 5.41) is 7.06. The number of carbonyl (C=O) groups excluding carboxylic acids is 1. The molecule has 1 aliphatic heterocycles. The van der Waals surface area contributed by atoms with Crippen molar-refractivity contribution in [2.24, 2.45) is 0 Å². The van der Waals surface area contributed by atoms with E-state index in [4.69, 9.17) is 0 Å². The summed E-state index contributed by atoms with van der Waals surface area (Å²) in [4.78, 5) is 18.8. The van der Waals surface area contributed by atoms with Gasteiger partial charge in [-0.25, -0.2) is 13.8 Å². The van der Waals surface area contributed by atoms with Crippen molar-refractivity contribution in [1.29, 1.82) is 0 Å². The Bertz CT molecular complexity index is 1060. The van der Waals surface area contributed by atoms with Gasteiger partial charge in [0.15, 0.2) is 0 Å². The molecule has 0 aliphatic carbocycles. The normalized spacial score (nSPS) is 16.5. The van der Waals surface area contributed by atoms with E-state index in [2.05, 4.69) is 15.2 Å². The van der Waals surface area contributed by atoms with Gasteiger partial charge in [-0.1, -0.05) is 48.2 Å². The molecule has 1 aromatic heterocycles. The third kappa shape index (κ3) is 4.91. The molecule has 0 spiro atoms. The van der Waals surface area contributed by atoms with Gasteiger partial charge in [-0.3, -0.25) is 9.89 Å². The van der Waals surface area contributed by atoms with E-state index < -0.39 is 0 Å². The van der Waals surface area contributed by atoms with Gasteiger partial charge in [-0.2, -0.15) is 0 Å². The van der Waals surface area contributed by atoms with Crippen LogP contribution in [0, 0.1) is 11.6 Å². The number of carbonyl (C=O) groups is 1. The predicted molar refractivity (Wildman–Crippen MR) is 116 cm³/mol. The number of aromatic nitrogens is 3. The first-order chi connectivity index (χ1) is 14.6. The minimum absolute atomic E-state index is 0.0774. The zero-order valence-electron chi connectivity index (χ0n) is 15.8. The van der Waals surface area contributed by atoms with Crippen molar-refractivity contribution in [3.63, 3.8) is 0 Å². The molecule has 1 aliphatic rings. The lowest BCUT2D eigenvalue weighted by molar-refractivity contribution is -0.128. The largest absolute Gasteiger partial charge is 0.325 e. The van der Waals surface area contributed by atoms with Crippen LogP contribution in [0.2, 0.25) is 0 Å². The first-order valence-electron chi connectivity index (χ1n) is 9.24. The van der Waals surface area contributed by atoms with E-state index in [9.17, 15) is 13.6 Å². The van der Waals surface area contributed by atoms with Gasteiger partial charge in [0, 0.05) is 17.9 Å². The minimum Gasteiger partial charge on any atom is -0.325 e. The van der Waals surface area contributed by atoms with Crippen LogP contribution in [-0.2, 0) is 4.79 Å². The number of benzene rings is 2. The first-order valence-corrected chi connectivity index (χ1v) is 11.3. The lowest BCUT2D eigenvalue weighted by Gasteiger charge is -2.24. The topological polar surface area (TPSA) is 61.9 Å². The average molecular weight is 445 g/mol. The van der Waals surface area contributed by atoms with Gasteiger partial charge in [0.05, 0.1) is 5.75 Å². The second-order valence-corrected chi connectivity index (χ2v) is 8.64. The standard InChI is InChI=1S/C21H18F2N4OS2/c22-15-8-5-14(6-9-15)7-10-18-24-21(26-25-18)30-13-19(28)27-11-12-29-20(27)16-3-1-2-4-17(16)23/h1-10,20H,11-13H2,(H,24,25,26)/b10-7+. The summed E-state index contributed by atoms with van der Waals surface area (Å²) in [6.07, 6.45) is 3.53. The fraction of sp³-hybridized carbons (Fsp3) is 0.190. The second-order valence-electron chi connectivity index (χ2n) is 6.51. The number of nitrogens with one attached hydrogen (secondary N) is 1. The Morgan fingerprint density at radius 3 is 2.80 bits per heavy atom. The molecule has 2 aromatic carbocycles. The summed E-state index contributed by atoms with van der Waals surface area (Å²) < 4.78 is 27.1. The Morgan fingerprint density at radius 1 is 1.20 bits per heavy atom. The fourth-order valence-electron chi connectivity index (χ4n) is 3.01. The van der Waals surface area contributed by atoms with Crippen LogP contribution < -0.4 is 0 Å². The van der Waals surface area contributed by atoms with Crippen LogP contribution in [0.15, 0.2) is 53.7 Å². The van der Waals surface area contributed by atoms with Gasteiger partial charge >= 0.3 is 0 Å². The lowest BCUT2D eigenvalue weighted by atomic mass is 10.2. The van der Waals surface area contributed by atoms with Crippen molar-refractivity contribution >= 4 is 41.6 Å². The van der Waals surface area contributed by atoms with Gasteiger partial charge in [-0.05, 0) is 29.8 Å². The molecular weight excluding hydrogens is 426 g/mol. The van der Waals surface area contributed by atoms with Crippen LogP contribution in [-0.4, -0.2) is 44.0 Å². The Morgan fingerprint density at radius 2 is 2.00 bits per heavy atom. The van der Waals surface area contributed by atoms with Gasteiger partial charge in [-0.15, -0.1) is 16.9 Å². The van der Waals surface area contributed by atoms with Crippen LogP contribution in [0.5, 0.6) is 0 Å². The molecule has 1 saturated heterocycles. The number of hydrogen-bond donors (Lipinski definition) is 1. The van der Waals surface area contributed by atoms with Crippen molar-refractivity contribution in [2.75, 3.05) is 18.1 Å². The number of thioether (sulfide) groups is 2. The maximum absolute atomic E-state index is 14.1. The van der Waals surface area contributed by atoms with Crippen molar-refractivity contribution in [3.8, 4) is 0 Å². The molecule has 1 N–H and O–H groups in total. The third-order valence-electron chi connectivity index (χ3n) is 4.49. The molecule has 9 heteroatoms. The zero-order chi connectivity index (χ0) is 20.9. The Labute approximate surface area is 181 Å². The van der Waals surface area contributed by atoms with E-state index in [-0.39, 0.29) is 28.7 Å². The summed E-state index contributed by atoms with van der Waals surface area (Å²) in [6.45, 7) is 0.586. The second kappa shape index (κ2) is 9.44. The predicted octanol–water partition coefficient (Wildman–Crippen LogP) is 4.62. The summed E-state index contributed by atoms with van der Waals surface area (Å²) in [5.74, 6) is 0.818. The quantitative estimate of drug-likeness (QED) is 0.562. The number of H-pyrrole nitrogens is 1. The van der Waals surface area contributed by atoms with Crippen LogP contribution in [0.25, 0.3) is 12.2 Å². The molecule has 0 saturated carbocycles. The zero-order valence-corrected chi connectivity index (χ0v) is 17.4. The van der Waals surface area contributed by atoms with Crippen LogP contribution in [0.1, 0.15) is 22.3 Å². The molecule has 5 nitrogen and oxygen atoms in total. The first kappa shape index (κ1) is 20.6. The van der Waals surface area contributed by atoms with Crippen molar-refractivity contribution in [3.05, 3.63) is 77.1 Å². The molecule has 2 heterocycles. The molecular formula is C21H18F2N4OS2. The Kier molecular flexibility index (Phi) is 6.49. The van der Waals surface area contributed by atoms with Crippen LogP contribution in [0.4, 0.5) is 8.78 Å². The highest BCUT2D eigenvalue weighted by atomic mass is 32.2. The van der Waals surface area contributed by atoms with E-state index in [1.165, 1.54) is 30.0 Å². The molecule has 1 fully saturated rings. The lowest BCUT2D eigenvalue weighted by Crippen LogP contribution is -2.32. The number of halogens is 2. The number of rotatable bonds is 6. The van der Waals surface area contributed by atoms with Crippen molar-refractivity contribution in [1.82, 2.24) is 20.1 Å². The van der Waals surface area contributed by atoms with E-state index in [0.29, 0.717) is 23.1 Å². The van der Waals surface area contributed by atoms with E-state index >= 15 is 0 Å². The molecule has 4 rings (SSSR count). The fourth-order valence-corrected chi connectivity index (χ4v) is 5.00. The number of nitrogens with zero attached hydrogens (tertiary/aromatic N) is 3. The summed E-state index contributed by atoms with van der Waals surface area (Å²) in [6, 6.07) is 12.7. The number of hydrogen-bond acceptors (Lipinski definition) is 5. The maximum Gasteiger partial charge on any atom is 0.234 e. The van der Waals surface area contributed by atoms with E-state index in [1.807, 2.05) is 0 Å². The SMILES string of the molecule is O=C(CSc1n[nH]c(/C=C/c2ccc(F)cc2)n1)N1CCSC1c1ccccc1F. The highest BCUT2D eigenvalue weighted by molar-refractivity contribution is 8.00. The van der Waals surface area contributed by atoms with Crippen LogP contribution >= 0.6 is 23.5 Å². The summed E-state index contributed by atoms with van der Waals surface area (Å²) in [7, 11) is 0. The molecule has 154 valence electrons. The molecule has 1 unspecified atom stereocenters. The highest BCUT2D eigenvalue weighted by Gasteiger charge is 2.32. The molecule has 1 atom stereocenters. The Balaban J connectivity index is 1.35. The Hall–Kier alpha value is -2.65. The number of amides is 1. The molecule has 3 aromatic rings. The summed E-state index contributed by atoms with van der Waals surface area (Å²) in [5.41, 5.74) is 1.37. The molecule has 1 amide bonds. The number of aromatic amines is 1. The molecule has 30 heavy (non-hydrogen) atoms. The van der Waals surface area contributed by atoms with E-state index in [1.54, 1.807) is 59.1 Å². The maximum atomic E-state index is 14.1.